The van der Waals surface area contributed by atoms with E-state index in [1.54, 1.807) is 7.11 Å². The van der Waals surface area contributed by atoms with Crippen molar-refractivity contribution in [2.45, 2.75) is 25.3 Å². The molecule has 2 rings (SSSR count). The van der Waals surface area contributed by atoms with Crippen molar-refractivity contribution in [2.75, 3.05) is 20.4 Å². The molecule has 1 saturated heterocycles. The van der Waals surface area contributed by atoms with Gasteiger partial charge in [-0.3, -0.25) is 4.90 Å². The summed E-state index contributed by atoms with van der Waals surface area (Å²) in [5.74, 6) is 0. The standard InChI is InChI=1S/C15H21NO/c1-3-13-7-6-8-14(11-13)15-9-4-5-10-16(15)12-17-2/h3,6-8,11,15H,1,4-5,9-10,12H2,2H3. The number of piperidine rings is 1. The van der Waals surface area contributed by atoms with E-state index >= 15 is 0 Å². The molecular formula is C15H21NO. The molecule has 1 aliphatic rings. The number of benzene rings is 1. The van der Waals surface area contributed by atoms with Gasteiger partial charge < -0.3 is 4.74 Å². The summed E-state index contributed by atoms with van der Waals surface area (Å²) in [4.78, 5) is 2.42. The van der Waals surface area contributed by atoms with E-state index < -0.39 is 0 Å². The van der Waals surface area contributed by atoms with Gasteiger partial charge in [-0.05, 0) is 24.0 Å². The van der Waals surface area contributed by atoms with Crippen LogP contribution in [0.1, 0.15) is 36.4 Å². The summed E-state index contributed by atoms with van der Waals surface area (Å²) in [7, 11) is 1.77. The van der Waals surface area contributed by atoms with Gasteiger partial charge in [0.25, 0.3) is 0 Å². The number of rotatable bonds is 4. The van der Waals surface area contributed by atoms with Crippen molar-refractivity contribution >= 4 is 6.08 Å². The largest absolute Gasteiger partial charge is 0.369 e. The molecule has 17 heavy (non-hydrogen) atoms. The van der Waals surface area contributed by atoms with Crippen molar-refractivity contribution in [1.82, 2.24) is 4.90 Å². The van der Waals surface area contributed by atoms with E-state index in [2.05, 4.69) is 35.7 Å². The maximum absolute atomic E-state index is 5.30. The summed E-state index contributed by atoms with van der Waals surface area (Å²) >= 11 is 0. The van der Waals surface area contributed by atoms with Gasteiger partial charge in [0.15, 0.2) is 0 Å². The van der Waals surface area contributed by atoms with E-state index in [-0.39, 0.29) is 0 Å². The molecule has 1 fully saturated rings. The van der Waals surface area contributed by atoms with Crippen molar-refractivity contribution in [1.29, 1.82) is 0 Å². The first kappa shape index (κ1) is 12.3. The molecule has 0 spiro atoms. The summed E-state index contributed by atoms with van der Waals surface area (Å²) < 4.78 is 5.30. The van der Waals surface area contributed by atoms with E-state index in [9.17, 15) is 0 Å². The van der Waals surface area contributed by atoms with Gasteiger partial charge in [0.1, 0.15) is 0 Å². The third kappa shape index (κ3) is 2.96. The molecule has 1 aliphatic heterocycles. The smallest absolute Gasteiger partial charge is 0.0991 e. The fourth-order valence-electron chi connectivity index (χ4n) is 2.58. The van der Waals surface area contributed by atoms with E-state index in [0.717, 1.165) is 13.3 Å². The summed E-state index contributed by atoms with van der Waals surface area (Å²) in [6, 6.07) is 9.17. The van der Waals surface area contributed by atoms with E-state index in [4.69, 9.17) is 4.74 Å². The van der Waals surface area contributed by atoms with Crippen LogP contribution in [-0.2, 0) is 4.74 Å². The normalized spacial score (nSPS) is 21.4. The molecule has 2 nitrogen and oxygen atoms in total. The molecule has 1 aromatic carbocycles. The number of hydrogen-bond acceptors (Lipinski definition) is 2. The minimum Gasteiger partial charge on any atom is -0.369 e. The van der Waals surface area contributed by atoms with Crippen LogP contribution in [0.25, 0.3) is 6.08 Å². The monoisotopic (exact) mass is 231 g/mol. The quantitative estimate of drug-likeness (QED) is 0.787. The Balaban J connectivity index is 2.19. The van der Waals surface area contributed by atoms with Crippen molar-refractivity contribution < 1.29 is 4.74 Å². The summed E-state index contributed by atoms with van der Waals surface area (Å²) in [5.41, 5.74) is 2.59. The van der Waals surface area contributed by atoms with Crippen LogP contribution in [0.15, 0.2) is 30.8 Å². The Morgan fingerprint density at radius 1 is 1.47 bits per heavy atom. The second-order valence-corrected chi connectivity index (χ2v) is 4.62. The molecule has 0 aliphatic carbocycles. The van der Waals surface area contributed by atoms with Crippen LogP contribution in [0.5, 0.6) is 0 Å². The molecule has 1 unspecified atom stereocenters. The molecule has 0 N–H and O–H groups in total. The highest BCUT2D eigenvalue weighted by atomic mass is 16.5. The zero-order valence-corrected chi connectivity index (χ0v) is 10.6. The molecule has 0 aromatic heterocycles. The van der Waals surface area contributed by atoms with Gasteiger partial charge in [-0.15, -0.1) is 0 Å². The van der Waals surface area contributed by atoms with Crippen LogP contribution in [0, 0.1) is 0 Å². The summed E-state index contributed by atoms with van der Waals surface area (Å²) in [6.45, 7) is 5.70. The predicted molar refractivity (Wildman–Crippen MR) is 71.7 cm³/mol. The van der Waals surface area contributed by atoms with Crippen molar-refractivity contribution in [2.24, 2.45) is 0 Å². The van der Waals surface area contributed by atoms with Gasteiger partial charge in [-0.25, -0.2) is 0 Å². The first-order valence-electron chi connectivity index (χ1n) is 6.30. The Kier molecular flexibility index (Phi) is 4.35. The van der Waals surface area contributed by atoms with Gasteiger partial charge in [0, 0.05) is 19.7 Å². The van der Waals surface area contributed by atoms with Gasteiger partial charge in [0.2, 0.25) is 0 Å². The first-order chi connectivity index (χ1) is 8.35. The zero-order chi connectivity index (χ0) is 12.1. The van der Waals surface area contributed by atoms with Crippen LogP contribution < -0.4 is 0 Å². The van der Waals surface area contributed by atoms with Crippen LogP contribution in [0.4, 0.5) is 0 Å². The third-order valence-corrected chi connectivity index (χ3v) is 3.44. The molecular weight excluding hydrogens is 210 g/mol. The topological polar surface area (TPSA) is 12.5 Å². The molecule has 0 radical (unpaired) electrons. The minimum atomic E-state index is 0.503. The predicted octanol–water partition coefficient (Wildman–Crippen LogP) is 3.46. The molecule has 2 heteroatoms. The van der Waals surface area contributed by atoms with E-state index in [0.29, 0.717) is 6.04 Å². The SMILES string of the molecule is C=Cc1cccc(C2CCCCN2COC)c1. The summed E-state index contributed by atoms with van der Waals surface area (Å²) in [6.07, 6.45) is 5.72. The van der Waals surface area contributed by atoms with Crippen LogP contribution >= 0.6 is 0 Å². The number of ether oxygens (including phenoxy) is 1. The highest BCUT2D eigenvalue weighted by Crippen LogP contribution is 2.31. The van der Waals surface area contributed by atoms with Gasteiger partial charge >= 0.3 is 0 Å². The first-order valence-corrected chi connectivity index (χ1v) is 6.30. The summed E-state index contributed by atoms with van der Waals surface area (Å²) in [5, 5.41) is 0. The molecule has 0 saturated carbocycles. The Labute approximate surface area is 104 Å². The maximum Gasteiger partial charge on any atom is 0.0991 e. The second-order valence-electron chi connectivity index (χ2n) is 4.62. The molecule has 1 aromatic rings. The molecule has 1 atom stereocenters. The van der Waals surface area contributed by atoms with Crippen LogP contribution in [-0.4, -0.2) is 25.3 Å². The number of methoxy groups -OCH3 is 1. The van der Waals surface area contributed by atoms with Gasteiger partial charge in [0.05, 0.1) is 6.73 Å². The minimum absolute atomic E-state index is 0.503. The molecule has 1 heterocycles. The Morgan fingerprint density at radius 3 is 3.12 bits per heavy atom. The molecule has 0 amide bonds. The van der Waals surface area contributed by atoms with E-state index in [1.165, 1.54) is 30.4 Å². The van der Waals surface area contributed by atoms with Crippen LogP contribution in [0.2, 0.25) is 0 Å². The lowest BCUT2D eigenvalue weighted by molar-refractivity contribution is 0.0144. The van der Waals surface area contributed by atoms with E-state index in [1.807, 2.05) is 6.08 Å². The fraction of sp³-hybridized carbons (Fsp3) is 0.467. The van der Waals surface area contributed by atoms with Crippen molar-refractivity contribution in [3.63, 3.8) is 0 Å². The highest BCUT2D eigenvalue weighted by Gasteiger charge is 2.23. The zero-order valence-electron chi connectivity index (χ0n) is 10.6. The lowest BCUT2D eigenvalue weighted by atomic mass is 9.94. The maximum atomic E-state index is 5.30. The lowest BCUT2D eigenvalue weighted by Crippen LogP contribution is -2.34. The second kappa shape index (κ2) is 5.99. The van der Waals surface area contributed by atoms with Gasteiger partial charge in [-0.2, -0.15) is 0 Å². The number of likely N-dealkylation sites (tertiary alicyclic amines) is 1. The molecule has 92 valence electrons. The molecule has 0 bridgehead atoms. The third-order valence-electron chi connectivity index (χ3n) is 3.44. The highest BCUT2D eigenvalue weighted by molar-refractivity contribution is 5.48. The number of hydrogen-bond donors (Lipinski definition) is 0. The van der Waals surface area contributed by atoms with Gasteiger partial charge in [-0.1, -0.05) is 43.3 Å². The van der Waals surface area contributed by atoms with Crippen molar-refractivity contribution in [3.8, 4) is 0 Å². The average Bonchev–Trinajstić information content (AvgIpc) is 2.40. The van der Waals surface area contributed by atoms with Crippen LogP contribution in [0.3, 0.4) is 0 Å². The Morgan fingerprint density at radius 2 is 2.35 bits per heavy atom. The Bertz CT molecular complexity index is 373. The van der Waals surface area contributed by atoms with Crippen molar-refractivity contribution in [3.05, 3.63) is 42.0 Å². The fourth-order valence-corrected chi connectivity index (χ4v) is 2.58. The Hall–Kier alpha value is -1.12. The lowest BCUT2D eigenvalue weighted by Gasteiger charge is -2.35. The number of nitrogens with zero attached hydrogens (tertiary/aromatic N) is 1. The average molecular weight is 231 g/mol.